The van der Waals surface area contributed by atoms with E-state index in [0.29, 0.717) is 5.25 Å². The van der Waals surface area contributed by atoms with E-state index in [1.807, 2.05) is 0 Å². The van der Waals surface area contributed by atoms with E-state index in [2.05, 4.69) is 67.8 Å². The van der Waals surface area contributed by atoms with Crippen molar-refractivity contribution in [2.45, 2.75) is 24.0 Å². The highest BCUT2D eigenvalue weighted by molar-refractivity contribution is 8.15. The van der Waals surface area contributed by atoms with Crippen molar-refractivity contribution in [2.75, 3.05) is 0 Å². The number of hydrogen-bond donors (Lipinski definition) is 0. The lowest BCUT2D eigenvalue weighted by atomic mass is 10.1. The van der Waals surface area contributed by atoms with Crippen molar-refractivity contribution in [3.63, 3.8) is 0 Å². The highest BCUT2D eigenvalue weighted by Gasteiger charge is 2.11. The molecule has 0 spiro atoms. The molecule has 0 bridgehead atoms. The van der Waals surface area contributed by atoms with Crippen molar-refractivity contribution in [2.24, 2.45) is 0 Å². The molecule has 1 atom stereocenters. The number of hydrogen-bond acceptors (Lipinski definition) is 0. The Hall–Kier alpha value is -1.34. The minimum absolute atomic E-state index is 0.261. The molecule has 0 saturated carbocycles. The summed E-state index contributed by atoms with van der Waals surface area (Å²) in [6, 6.07) is 13.3. The third-order valence-electron chi connectivity index (χ3n) is 3.14. The second-order valence-corrected chi connectivity index (χ2v) is 7.05. The summed E-state index contributed by atoms with van der Waals surface area (Å²) < 4.78 is 0. The highest BCUT2D eigenvalue weighted by Crippen LogP contribution is 2.38. The van der Waals surface area contributed by atoms with Gasteiger partial charge in [0.15, 0.2) is 0 Å². The van der Waals surface area contributed by atoms with Crippen molar-refractivity contribution in [1.82, 2.24) is 0 Å². The molecule has 0 fully saturated rings. The molecule has 2 aromatic rings. The second-order valence-electron chi connectivity index (χ2n) is 4.65. The molecule has 0 nitrogen and oxygen atoms in total. The third-order valence-corrected chi connectivity index (χ3v) is 5.47. The minimum atomic E-state index is 0.261. The van der Waals surface area contributed by atoms with Crippen molar-refractivity contribution in [3.8, 4) is 0 Å². The number of fused-ring (bicyclic) bond motifs is 2. The molecule has 3 rings (SSSR count). The summed E-state index contributed by atoms with van der Waals surface area (Å²) in [5.41, 5.74) is 1.39. The van der Waals surface area contributed by atoms with Gasteiger partial charge >= 0.3 is 0 Å². The maximum atomic E-state index is 2.37. The van der Waals surface area contributed by atoms with Crippen molar-refractivity contribution in [3.05, 3.63) is 48.0 Å². The molecule has 1 aliphatic heterocycles. The van der Waals surface area contributed by atoms with Crippen LogP contribution in [0.25, 0.3) is 16.8 Å². The maximum Gasteiger partial charge on any atom is 0.00981 e. The lowest BCUT2D eigenvalue weighted by Crippen LogP contribution is -1.98. The fourth-order valence-electron chi connectivity index (χ4n) is 2.28. The Balaban J connectivity index is 2.29. The lowest BCUT2D eigenvalue weighted by Gasteiger charge is -2.19. The molecular weight excluding hydrogens is 224 g/mol. The van der Waals surface area contributed by atoms with Gasteiger partial charge in [-0.25, -0.2) is 0 Å². The molecule has 1 aliphatic rings. The third kappa shape index (κ3) is 1.85. The Labute approximate surface area is 105 Å². The van der Waals surface area contributed by atoms with Gasteiger partial charge in [-0.05, 0) is 39.1 Å². The Morgan fingerprint density at radius 3 is 2.41 bits per heavy atom. The van der Waals surface area contributed by atoms with Crippen LogP contribution in [0, 0.1) is 0 Å². The fourth-order valence-corrected chi connectivity index (χ4v) is 4.16. The first-order chi connectivity index (χ1) is 8.25. The summed E-state index contributed by atoms with van der Waals surface area (Å²) in [5.74, 6) is 0. The number of rotatable bonds is 1. The van der Waals surface area contributed by atoms with Crippen LogP contribution in [-0.2, 0) is 0 Å². The SMILES string of the molecule is CC(C)S1=CC=Cc2cc3ccccc3cc21. The van der Waals surface area contributed by atoms with Gasteiger partial charge in [0, 0.05) is 4.90 Å². The van der Waals surface area contributed by atoms with E-state index in [1.165, 1.54) is 21.2 Å². The summed E-state index contributed by atoms with van der Waals surface area (Å²) in [6.45, 7) is 4.61. The van der Waals surface area contributed by atoms with Gasteiger partial charge in [-0.2, -0.15) is 10.5 Å². The monoisotopic (exact) mass is 240 g/mol. The summed E-state index contributed by atoms with van der Waals surface area (Å²) in [7, 11) is 0.261. The first kappa shape index (κ1) is 10.8. The average Bonchev–Trinajstić information content (AvgIpc) is 2.35. The summed E-state index contributed by atoms with van der Waals surface area (Å²) >= 11 is 0. The Morgan fingerprint density at radius 2 is 1.71 bits per heavy atom. The van der Waals surface area contributed by atoms with Crippen LogP contribution in [0.2, 0.25) is 0 Å². The number of allylic oxidation sites excluding steroid dienone is 1. The second kappa shape index (κ2) is 4.15. The molecule has 17 heavy (non-hydrogen) atoms. The quantitative estimate of drug-likeness (QED) is 0.633. The van der Waals surface area contributed by atoms with E-state index < -0.39 is 0 Å². The van der Waals surface area contributed by atoms with E-state index in [9.17, 15) is 0 Å². The van der Waals surface area contributed by atoms with Crippen LogP contribution in [0.15, 0.2) is 47.4 Å². The lowest BCUT2D eigenvalue weighted by molar-refractivity contribution is 1.11. The maximum absolute atomic E-state index is 2.37. The van der Waals surface area contributed by atoms with Crippen molar-refractivity contribution >= 4 is 32.7 Å². The van der Waals surface area contributed by atoms with E-state index >= 15 is 0 Å². The first-order valence-corrected chi connectivity index (χ1v) is 7.37. The molecule has 0 aliphatic carbocycles. The van der Waals surface area contributed by atoms with Gasteiger partial charge in [-0.3, -0.25) is 0 Å². The molecule has 1 heteroatoms. The smallest absolute Gasteiger partial charge is 0.00981 e. The Kier molecular flexibility index (Phi) is 2.64. The zero-order valence-corrected chi connectivity index (χ0v) is 11.0. The van der Waals surface area contributed by atoms with Crippen LogP contribution in [0.5, 0.6) is 0 Å². The average molecular weight is 240 g/mol. The molecule has 0 saturated heterocycles. The van der Waals surface area contributed by atoms with Crippen LogP contribution < -0.4 is 0 Å². The highest BCUT2D eigenvalue weighted by atomic mass is 32.2. The zero-order chi connectivity index (χ0) is 11.8. The molecule has 2 aromatic carbocycles. The van der Waals surface area contributed by atoms with Gasteiger partial charge in [0.25, 0.3) is 0 Å². The largest absolute Gasteiger partial charge is 0.151 e. The Bertz CT molecular complexity index is 633. The van der Waals surface area contributed by atoms with Crippen molar-refractivity contribution < 1.29 is 0 Å². The van der Waals surface area contributed by atoms with E-state index in [4.69, 9.17) is 0 Å². The zero-order valence-electron chi connectivity index (χ0n) is 10.2. The fraction of sp³-hybridized carbons (Fsp3) is 0.188. The topological polar surface area (TPSA) is 0 Å². The molecule has 86 valence electrons. The molecular formula is C16H16S. The standard InChI is InChI=1S/C16H16S/c1-12(2)17-9-5-8-15-10-13-6-3-4-7-14(13)11-16(15)17/h3-12H,1-2H3. The van der Waals surface area contributed by atoms with Crippen molar-refractivity contribution in [1.29, 1.82) is 0 Å². The van der Waals surface area contributed by atoms with E-state index in [0.717, 1.165) is 0 Å². The Morgan fingerprint density at radius 1 is 1.00 bits per heavy atom. The first-order valence-electron chi connectivity index (χ1n) is 6.02. The molecule has 0 N–H and O–H groups in total. The molecule has 0 radical (unpaired) electrons. The van der Waals surface area contributed by atoms with Crippen LogP contribution in [-0.4, -0.2) is 10.6 Å². The van der Waals surface area contributed by atoms with E-state index in [-0.39, 0.29) is 10.5 Å². The molecule has 1 heterocycles. The van der Waals surface area contributed by atoms with Gasteiger partial charge in [0.2, 0.25) is 0 Å². The van der Waals surface area contributed by atoms with Crippen LogP contribution in [0.1, 0.15) is 19.4 Å². The van der Waals surface area contributed by atoms with Gasteiger partial charge in [-0.15, -0.1) is 0 Å². The molecule has 0 aromatic heterocycles. The molecule has 1 unspecified atom stereocenters. The van der Waals surface area contributed by atoms with Gasteiger partial charge in [0.1, 0.15) is 0 Å². The van der Waals surface area contributed by atoms with Crippen LogP contribution in [0.4, 0.5) is 0 Å². The summed E-state index contributed by atoms with van der Waals surface area (Å²) in [6.07, 6.45) is 4.44. The number of benzene rings is 2. The minimum Gasteiger partial charge on any atom is -0.151 e. The molecule has 0 amide bonds. The summed E-state index contributed by atoms with van der Waals surface area (Å²) in [5, 5.41) is 5.72. The van der Waals surface area contributed by atoms with Gasteiger partial charge < -0.3 is 0 Å². The van der Waals surface area contributed by atoms with Crippen LogP contribution in [0.3, 0.4) is 0 Å². The van der Waals surface area contributed by atoms with Gasteiger partial charge in [0.05, 0.1) is 0 Å². The summed E-state index contributed by atoms with van der Waals surface area (Å²) in [4.78, 5) is 1.50. The predicted octanol–water partition coefficient (Wildman–Crippen LogP) is 4.71. The van der Waals surface area contributed by atoms with Crippen LogP contribution >= 0.6 is 10.5 Å². The normalized spacial score (nSPS) is 18.2. The predicted molar refractivity (Wildman–Crippen MR) is 80.0 cm³/mol. The van der Waals surface area contributed by atoms with Gasteiger partial charge in [-0.1, -0.05) is 50.3 Å². The van der Waals surface area contributed by atoms with E-state index in [1.54, 1.807) is 0 Å².